The van der Waals surface area contributed by atoms with E-state index in [-0.39, 0.29) is 6.03 Å². The lowest BCUT2D eigenvalue weighted by atomic mass is 10.0. The topological polar surface area (TPSA) is 38.8 Å². The highest BCUT2D eigenvalue weighted by atomic mass is 16.2. The molecular weight excluding hydrogens is 312 g/mol. The molecule has 2 amide bonds. The molecule has 0 spiro atoms. The van der Waals surface area contributed by atoms with Gasteiger partial charge >= 0.3 is 6.03 Å². The first kappa shape index (κ1) is 16.5. The van der Waals surface area contributed by atoms with Crippen LogP contribution in [0.25, 0.3) is 0 Å². The third-order valence-electron chi connectivity index (χ3n) is 5.68. The van der Waals surface area contributed by atoms with E-state index in [0.717, 1.165) is 57.8 Å². The minimum atomic E-state index is 0.0385. The van der Waals surface area contributed by atoms with E-state index in [0.29, 0.717) is 6.04 Å². The van der Waals surface area contributed by atoms with Crippen molar-refractivity contribution in [3.63, 3.8) is 0 Å². The van der Waals surface area contributed by atoms with E-state index in [9.17, 15) is 4.79 Å². The number of carbonyl (C=O) groups excluding carboxylic acids is 1. The van der Waals surface area contributed by atoms with E-state index in [1.165, 1.54) is 18.5 Å². The number of urea groups is 1. The van der Waals surface area contributed by atoms with Gasteiger partial charge in [-0.05, 0) is 43.9 Å². The predicted molar refractivity (Wildman–Crippen MR) is 102 cm³/mol. The molecule has 0 radical (unpaired) electrons. The summed E-state index contributed by atoms with van der Waals surface area (Å²) in [6.07, 6.45) is 9.15. The molecule has 25 heavy (non-hydrogen) atoms. The number of amides is 2. The molecule has 2 fully saturated rings. The van der Waals surface area contributed by atoms with E-state index in [4.69, 9.17) is 0 Å². The molecule has 3 aliphatic rings. The van der Waals surface area contributed by atoms with Gasteiger partial charge in [-0.3, -0.25) is 4.90 Å². The SMILES string of the molecule is O=C(Nc1cccc(N2CCCC2)c1)N1CCC(N2CC=CC2)CC1. The van der Waals surface area contributed by atoms with Crippen LogP contribution in [0.5, 0.6) is 0 Å². The average Bonchev–Trinajstić information content (AvgIpc) is 3.36. The van der Waals surface area contributed by atoms with Crippen molar-refractivity contribution < 1.29 is 4.79 Å². The van der Waals surface area contributed by atoms with E-state index < -0.39 is 0 Å². The van der Waals surface area contributed by atoms with E-state index >= 15 is 0 Å². The Morgan fingerprint density at radius 1 is 1.00 bits per heavy atom. The zero-order valence-corrected chi connectivity index (χ0v) is 14.9. The minimum Gasteiger partial charge on any atom is -0.371 e. The smallest absolute Gasteiger partial charge is 0.321 e. The van der Waals surface area contributed by atoms with Crippen molar-refractivity contribution in [2.45, 2.75) is 31.7 Å². The van der Waals surface area contributed by atoms with Crippen LogP contribution in [0.4, 0.5) is 16.2 Å². The fraction of sp³-hybridized carbons (Fsp3) is 0.550. The summed E-state index contributed by atoms with van der Waals surface area (Å²) < 4.78 is 0. The van der Waals surface area contributed by atoms with Gasteiger partial charge in [0, 0.05) is 56.7 Å². The lowest BCUT2D eigenvalue weighted by Gasteiger charge is -2.36. The molecule has 0 saturated carbocycles. The van der Waals surface area contributed by atoms with Crippen molar-refractivity contribution in [1.29, 1.82) is 0 Å². The summed E-state index contributed by atoms with van der Waals surface area (Å²) in [5.74, 6) is 0. The standard InChI is InChI=1S/C20H28N4O/c25-20(24-14-8-18(9-15-24)22-10-1-2-11-22)21-17-6-5-7-19(16-17)23-12-3-4-13-23/h1-2,5-7,16,18H,3-4,8-15H2,(H,21,25). The Morgan fingerprint density at radius 2 is 1.72 bits per heavy atom. The van der Waals surface area contributed by atoms with Crippen molar-refractivity contribution in [3.8, 4) is 0 Å². The number of nitrogens with one attached hydrogen (secondary N) is 1. The second kappa shape index (κ2) is 7.48. The molecule has 3 aliphatic heterocycles. The second-order valence-electron chi connectivity index (χ2n) is 7.32. The Labute approximate surface area is 150 Å². The van der Waals surface area contributed by atoms with Gasteiger partial charge in [0.05, 0.1) is 0 Å². The number of carbonyl (C=O) groups is 1. The van der Waals surface area contributed by atoms with E-state index in [2.05, 4.69) is 39.4 Å². The van der Waals surface area contributed by atoms with Gasteiger partial charge in [0.2, 0.25) is 0 Å². The van der Waals surface area contributed by atoms with Crippen LogP contribution in [0, 0.1) is 0 Å². The normalized spacial score (nSPS) is 21.9. The van der Waals surface area contributed by atoms with Crippen LogP contribution in [-0.2, 0) is 0 Å². The van der Waals surface area contributed by atoms with Gasteiger partial charge in [-0.15, -0.1) is 0 Å². The van der Waals surface area contributed by atoms with Gasteiger partial charge in [-0.25, -0.2) is 4.79 Å². The summed E-state index contributed by atoms with van der Waals surface area (Å²) >= 11 is 0. The van der Waals surface area contributed by atoms with Crippen LogP contribution >= 0.6 is 0 Å². The monoisotopic (exact) mass is 340 g/mol. The Morgan fingerprint density at radius 3 is 2.44 bits per heavy atom. The van der Waals surface area contributed by atoms with Crippen molar-refractivity contribution in [2.24, 2.45) is 0 Å². The lowest BCUT2D eigenvalue weighted by molar-refractivity contribution is 0.144. The zero-order chi connectivity index (χ0) is 17.1. The number of rotatable bonds is 3. The summed E-state index contributed by atoms with van der Waals surface area (Å²) in [4.78, 5) is 19.5. The molecule has 1 N–H and O–H groups in total. The largest absolute Gasteiger partial charge is 0.371 e. The summed E-state index contributed by atoms with van der Waals surface area (Å²) in [5, 5.41) is 3.09. The first-order valence-corrected chi connectivity index (χ1v) is 9.59. The van der Waals surface area contributed by atoms with Crippen molar-refractivity contribution in [1.82, 2.24) is 9.80 Å². The number of likely N-dealkylation sites (tertiary alicyclic amines) is 1. The maximum absolute atomic E-state index is 12.6. The van der Waals surface area contributed by atoms with Crippen molar-refractivity contribution >= 4 is 17.4 Å². The Kier molecular flexibility index (Phi) is 4.92. The fourth-order valence-electron chi connectivity index (χ4n) is 4.18. The fourth-order valence-corrected chi connectivity index (χ4v) is 4.18. The summed E-state index contributed by atoms with van der Waals surface area (Å²) in [7, 11) is 0. The van der Waals surface area contributed by atoms with Crippen molar-refractivity contribution in [3.05, 3.63) is 36.4 Å². The molecule has 0 aliphatic carbocycles. The van der Waals surface area contributed by atoms with E-state index in [1.807, 2.05) is 17.0 Å². The average molecular weight is 340 g/mol. The Bertz CT molecular complexity index is 622. The van der Waals surface area contributed by atoms with Crippen LogP contribution in [0.1, 0.15) is 25.7 Å². The van der Waals surface area contributed by atoms with Gasteiger partial charge in [-0.1, -0.05) is 18.2 Å². The highest BCUT2D eigenvalue weighted by Crippen LogP contribution is 2.24. The molecule has 2 saturated heterocycles. The maximum Gasteiger partial charge on any atom is 0.321 e. The number of nitrogens with zero attached hydrogens (tertiary/aromatic N) is 3. The number of hydrogen-bond donors (Lipinski definition) is 1. The minimum absolute atomic E-state index is 0.0385. The molecule has 5 nitrogen and oxygen atoms in total. The van der Waals surface area contributed by atoms with Crippen LogP contribution in [0.3, 0.4) is 0 Å². The first-order valence-electron chi connectivity index (χ1n) is 9.59. The molecule has 3 heterocycles. The van der Waals surface area contributed by atoms with Gasteiger partial charge in [-0.2, -0.15) is 0 Å². The van der Waals surface area contributed by atoms with Crippen molar-refractivity contribution in [2.75, 3.05) is 49.5 Å². The molecule has 0 bridgehead atoms. The van der Waals surface area contributed by atoms with Gasteiger partial charge in [0.25, 0.3) is 0 Å². The molecule has 4 rings (SSSR count). The van der Waals surface area contributed by atoms with Gasteiger partial charge in [0.1, 0.15) is 0 Å². The molecule has 0 atom stereocenters. The quantitative estimate of drug-likeness (QED) is 0.859. The molecule has 0 aromatic heterocycles. The Hall–Kier alpha value is -2.01. The first-order chi connectivity index (χ1) is 12.3. The van der Waals surface area contributed by atoms with Crippen LogP contribution < -0.4 is 10.2 Å². The molecule has 0 unspecified atom stereocenters. The highest BCUT2D eigenvalue weighted by molar-refractivity contribution is 5.90. The maximum atomic E-state index is 12.6. The number of piperidine rings is 1. The highest BCUT2D eigenvalue weighted by Gasteiger charge is 2.27. The second-order valence-corrected chi connectivity index (χ2v) is 7.32. The lowest BCUT2D eigenvalue weighted by Crippen LogP contribution is -2.47. The van der Waals surface area contributed by atoms with Gasteiger partial charge < -0.3 is 15.1 Å². The Balaban J connectivity index is 1.31. The van der Waals surface area contributed by atoms with Crippen LogP contribution in [-0.4, -0.2) is 61.1 Å². The molecule has 5 heteroatoms. The number of benzene rings is 1. The van der Waals surface area contributed by atoms with E-state index in [1.54, 1.807) is 0 Å². The molecule has 1 aromatic rings. The van der Waals surface area contributed by atoms with Crippen LogP contribution in [0.2, 0.25) is 0 Å². The van der Waals surface area contributed by atoms with Gasteiger partial charge in [0.15, 0.2) is 0 Å². The summed E-state index contributed by atoms with van der Waals surface area (Å²) in [5.41, 5.74) is 2.12. The summed E-state index contributed by atoms with van der Waals surface area (Å²) in [6, 6.07) is 8.92. The predicted octanol–water partition coefficient (Wildman–Crippen LogP) is 3.15. The number of hydrogen-bond acceptors (Lipinski definition) is 3. The van der Waals surface area contributed by atoms with Crippen LogP contribution in [0.15, 0.2) is 36.4 Å². The third-order valence-corrected chi connectivity index (χ3v) is 5.68. The summed E-state index contributed by atoms with van der Waals surface area (Å²) in [6.45, 7) is 6.07. The molecule has 1 aromatic carbocycles. The molecular formula is C20H28N4O. The third kappa shape index (κ3) is 3.82. The molecule has 134 valence electrons. The zero-order valence-electron chi connectivity index (χ0n) is 14.9. The number of anilines is 2.